The average molecular weight is 269 g/mol. The molecule has 0 bridgehead atoms. The van der Waals surface area contributed by atoms with Crippen LogP contribution in [-0.4, -0.2) is 73.7 Å². The molecule has 1 amide bonds. The van der Waals surface area contributed by atoms with Gasteiger partial charge in [-0.15, -0.1) is 0 Å². The second-order valence-electron chi connectivity index (χ2n) is 6.11. The van der Waals surface area contributed by atoms with Gasteiger partial charge >= 0.3 is 0 Å². The van der Waals surface area contributed by atoms with Gasteiger partial charge in [0.25, 0.3) is 0 Å². The molecule has 2 rings (SSSR count). The van der Waals surface area contributed by atoms with Crippen molar-refractivity contribution in [2.75, 3.05) is 46.4 Å². The van der Waals surface area contributed by atoms with Gasteiger partial charge in [0.05, 0.1) is 19.3 Å². The number of likely N-dealkylation sites (tertiary alicyclic amines) is 1. The van der Waals surface area contributed by atoms with Gasteiger partial charge in [0.15, 0.2) is 0 Å². The van der Waals surface area contributed by atoms with Crippen molar-refractivity contribution in [3.8, 4) is 0 Å². The predicted octanol–water partition coefficient (Wildman–Crippen LogP) is 0.308. The zero-order valence-electron chi connectivity index (χ0n) is 12.4. The van der Waals surface area contributed by atoms with E-state index in [1.807, 2.05) is 18.9 Å². The first-order chi connectivity index (χ1) is 9.02. The quantitative estimate of drug-likeness (QED) is 0.801. The van der Waals surface area contributed by atoms with Gasteiger partial charge in [-0.05, 0) is 33.7 Å². The normalized spacial score (nSPS) is 28.4. The second-order valence-corrected chi connectivity index (χ2v) is 6.11. The Balaban J connectivity index is 1.77. The highest BCUT2D eigenvalue weighted by atomic mass is 16.5. The number of nitrogens with one attached hydrogen (secondary N) is 1. The molecular weight excluding hydrogens is 242 g/mol. The SMILES string of the molecule is CNC1(C)CCN(CC(=O)N2CCOC(C)C2)CC1. The fourth-order valence-electron chi connectivity index (χ4n) is 2.79. The standard InChI is InChI=1S/C14H27N3O2/c1-12-10-17(8-9-19-12)13(18)11-16-6-4-14(2,15-3)5-7-16/h12,15H,4-11H2,1-3H3. The Labute approximate surface area is 116 Å². The fraction of sp³-hybridized carbons (Fsp3) is 0.929. The zero-order chi connectivity index (χ0) is 13.9. The molecule has 2 heterocycles. The summed E-state index contributed by atoms with van der Waals surface area (Å²) in [5, 5.41) is 3.38. The van der Waals surface area contributed by atoms with E-state index in [9.17, 15) is 4.79 Å². The number of carbonyl (C=O) groups is 1. The lowest BCUT2D eigenvalue weighted by Crippen LogP contribution is -2.53. The van der Waals surface area contributed by atoms with Crippen molar-refractivity contribution in [1.82, 2.24) is 15.1 Å². The Bertz CT molecular complexity index is 314. The van der Waals surface area contributed by atoms with Crippen LogP contribution in [0.25, 0.3) is 0 Å². The van der Waals surface area contributed by atoms with Crippen LogP contribution in [0, 0.1) is 0 Å². The Hall–Kier alpha value is -0.650. The largest absolute Gasteiger partial charge is 0.375 e. The number of piperidine rings is 1. The topological polar surface area (TPSA) is 44.8 Å². The van der Waals surface area contributed by atoms with E-state index in [1.54, 1.807) is 0 Å². The van der Waals surface area contributed by atoms with E-state index in [4.69, 9.17) is 4.74 Å². The molecule has 2 saturated heterocycles. The number of morpholine rings is 1. The van der Waals surface area contributed by atoms with Gasteiger partial charge in [-0.1, -0.05) is 0 Å². The summed E-state index contributed by atoms with van der Waals surface area (Å²) in [4.78, 5) is 16.5. The van der Waals surface area contributed by atoms with Crippen molar-refractivity contribution < 1.29 is 9.53 Å². The van der Waals surface area contributed by atoms with E-state index in [1.165, 1.54) is 0 Å². The van der Waals surface area contributed by atoms with E-state index in [0.29, 0.717) is 13.2 Å². The van der Waals surface area contributed by atoms with Gasteiger partial charge < -0.3 is 15.0 Å². The third-order valence-corrected chi connectivity index (χ3v) is 4.52. The summed E-state index contributed by atoms with van der Waals surface area (Å²) in [5.74, 6) is 0.253. The molecule has 5 nitrogen and oxygen atoms in total. The van der Waals surface area contributed by atoms with Crippen molar-refractivity contribution in [2.45, 2.75) is 38.3 Å². The Morgan fingerprint density at radius 1 is 1.37 bits per heavy atom. The van der Waals surface area contributed by atoms with Crippen molar-refractivity contribution in [1.29, 1.82) is 0 Å². The van der Waals surface area contributed by atoms with Gasteiger partial charge in [-0.25, -0.2) is 0 Å². The maximum absolute atomic E-state index is 12.3. The van der Waals surface area contributed by atoms with Crippen LogP contribution in [0.1, 0.15) is 26.7 Å². The molecule has 0 saturated carbocycles. The maximum atomic E-state index is 12.3. The zero-order valence-corrected chi connectivity index (χ0v) is 12.4. The molecule has 2 fully saturated rings. The van der Waals surface area contributed by atoms with Crippen molar-refractivity contribution in [3.05, 3.63) is 0 Å². The second kappa shape index (κ2) is 6.20. The molecule has 2 aliphatic heterocycles. The molecule has 0 radical (unpaired) electrons. The predicted molar refractivity (Wildman–Crippen MR) is 75.1 cm³/mol. The number of hydrogen-bond acceptors (Lipinski definition) is 4. The summed E-state index contributed by atoms with van der Waals surface area (Å²) < 4.78 is 5.47. The minimum atomic E-state index is 0.173. The first-order valence-corrected chi connectivity index (χ1v) is 7.33. The maximum Gasteiger partial charge on any atom is 0.236 e. The third-order valence-electron chi connectivity index (χ3n) is 4.52. The van der Waals surface area contributed by atoms with E-state index in [-0.39, 0.29) is 17.6 Å². The Morgan fingerprint density at radius 2 is 2.05 bits per heavy atom. The summed E-state index contributed by atoms with van der Waals surface area (Å²) in [6.07, 6.45) is 2.39. The first-order valence-electron chi connectivity index (χ1n) is 7.33. The average Bonchev–Trinajstić information content (AvgIpc) is 2.41. The number of carbonyl (C=O) groups excluding carboxylic acids is 1. The minimum Gasteiger partial charge on any atom is -0.375 e. The van der Waals surface area contributed by atoms with Crippen LogP contribution in [0.4, 0.5) is 0 Å². The van der Waals surface area contributed by atoms with Gasteiger partial charge in [0.1, 0.15) is 0 Å². The summed E-state index contributed by atoms with van der Waals surface area (Å²) in [5.41, 5.74) is 0.243. The molecule has 2 aliphatic rings. The molecule has 0 aromatic carbocycles. The molecule has 1 unspecified atom stereocenters. The Morgan fingerprint density at radius 3 is 2.63 bits per heavy atom. The first kappa shape index (κ1) is 14.8. The van der Waals surface area contributed by atoms with Crippen LogP contribution in [0.2, 0.25) is 0 Å². The number of ether oxygens (including phenoxy) is 1. The van der Waals surface area contributed by atoms with E-state index in [2.05, 4.69) is 17.1 Å². The van der Waals surface area contributed by atoms with Crippen LogP contribution in [0.3, 0.4) is 0 Å². The highest BCUT2D eigenvalue weighted by Gasteiger charge is 2.30. The molecular formula is C14H27N3O2. The van der Waals surface area contributed by atoms with Gasteiger partial charge in [0.2, 0.25) is 5.91 Å². The molecule has 1 atom stereocenters. The summed E-state index contributed by atoms with van der Waals surface area (Å²) in [6.45, 7) is 9.00. The molecule has 5 heteroatoms. The minimum absolute atomic E-state index is 0.173. The number of hydrogen-bond donors (Lipinski definition) is 1. The summed E-state index contributed by atoms with van der Waals surface area (Å²) >= 11 is 0. The summed E-state index contributed by atoms with van der Waals surface area (Å²) in [6, 6.07) is 0. The monoisotopic (exact) mass is 269 g/mol. The van der Waals surface area contributed by atoms with Crippen LogP contribution in [0.15, 0.2) is 0 Å². The molecule has 19 heavy (non-hydrogen) atoms. The number of nitrogens with zero attached hydrogens (tertiary/aromatic N) is 2. The van der Waals surface area contributed by atoms with Crippen LogP contribution < -0.4 is 5.32 Å². The smallest absolute Gasteiger partial charge is 0.236 e. The lowest BCUT2D eigenvalue weighted by Gasteiger charge is -2.40. The Kier molecular flexibility index (Phi) is 4.81. The fourth-order valence-corrected chi connectivity index (χ4v) is 2.79. The van der Waals surface area contributed by atoms with Gasteiger partial charge in [-0.2, -0.15) is 0 Å². The highest BCUT2D eigenvalue weighted by Crippen LogP contribution is 2.21. The van der Waals surface area contributed by atoms with Crippen molar-refractivity contribution in [3.63, 3.8) is 0 Å². The number of amides is 1. The molecule has 0 aromatic rings. The van der Waals surface area contributed by atoms with Crippen LogP contribution in [0.5, 0.6) is 0 Å². The third kappa shape index (κ3) is 3.91. The van der Waals surface area contributed by atoms with Crippen molar-refractivity contribution in [2.24, 2.45) is 0 Å². The van der Waals surface area contributed by atoms with Crippen LogP contribution in [-0.2, 0) is 9.53 Å². The lowest BCUT2D eigenvalue weighted by molar-refractivity contribution is -0.139. The van der Waals surface area contributed by atoms with Crippen molar-refractivity contribution >= 4 is 5.91 Å². The molecule has 110 valence electrons. The summed E-state index contributed by atoms with van der Waals surface area (Å²) in [7, 11) is 2.02. The molecule has 0 spiro atoms. The van der Waals surface area contributed by atoms with E-state index < -0.39 is 0 Å². The highest BCUT2D eigenvalue weighted by molar-refractivity contribution is 5.78. The molecule has 0 aliphatic carbocycles. The van der Waals surface area contributed by atoms with Gasteiger partial charge in [-0.3, -0.25) is 9.69 Å². The lowest BCUT2D eigenvalue weighted by atomic mass is 9.90. The van der Waals surface area contributed by atoms with Crippen LogP contribution >= 0.6 is 0 Å². The molecule has 1 N–H and O–H groups in total. The number of rotatable bonds is 3. The van der Waals surface area contributed by atoms with E-state index in [0.717, 1.165) is 39.0 Å². The van der Waals surface area contributed by atoms with E-state index >= 15 is 0 Å². The van der Waals surface area contributed by atoms with Gasteiger partial charge in [0, 0.05) is 31.7 Å². The molecule has 0 aromatic heterocycles.